The summed E-state index contributed by atoms with van der Waals surface area (Å²) in [7, 11) is 0. The van der Waals surface area contributed by atoms with Crippen LogP contribution < -0.4 is 0 Å². The third-order valence-electron chi connectivity index (χ3n) is 3.87. The zero-order valence-electron chi connectivity index (χ0n) is 14.2. The van der Waals surface area contributed by atoms with Crippen molar-refractivity contribution < 1.29 is 14.3 Å². The van der Waals surface area contributed by atoms with E-state index in [1.165, 1.54) is 12.8 Å². The fourth-order valence-corrected chi connectivity index (χ4v) is 3.07. The van der Waals surface area contributed by atoms with Gasteiger partial charge in [-0.05, 0) is 45.4 Å². The Hall–Kier alpha value is -1.06. The van der Waals surface area contributed by atoms with Gasteiger partial charge in [0.25, 0.3) is 0 Å². The van der Waals surface area contributed by atoms with Crippen molar-refractivity contribution >= 4 is 12.4 Å². The first kappa shape index (κ1) is 18.0. The Bertz CT molecular complexity index is 340. The fourth-order valence-electron chi connectivity index (χ4n) is 3.07. The predicted octanol–water partition coefficient (Wildman–Crippen LogP) is 4.03. The summed E-state index contributed by atoms with van der Waals surface area (Å²) in [6, 6.07) is -0.0118. The van der Waals surface area contributed by atoms with E-state index in [0.29, 0.717) is 24.8 Å². The summed E-state index contributed by atoms with van der Waals surface area (Å²) in [5.41, 5.74) is -0.506. The van der Waals surface area contributed by atoms with Gasteiger partial charge in [0, 0.05) is 19.0 Å². The molecule has 1 rings (SSSR count). The lowest BCUT2D eigenvalue weighted by Crippen LogP contribution is -2.48. The highest BCUT2D eigenvalue weighted by atomic mass is 16.6. The first-order valence-electron chi connectivity index (χ1n) is 8.18. The monoisotopic (exact) mass is 297 g/mol. The molecular formula is C17H31NO3. The van der Waals surface area contributed by atoms with Crippen molar-refractivity contribution in [1.82, 2.24) is 4.90 Å². The molecule has 1 unspecified atom stereocenters. The molecule has 0 aromatic carbocycles. The van der Waals surface area contributed by atoms with E-state index in [9.17, 15) is 9.59 Å². The van der Waals surface area contributed by atoms with E-state index in [1.54, 1.807) is 4.90 Å². The molecule has 0 aliphatic heterocycles. The van der Waals surface area contributed by atoms with E-state index in [2.05, 4.69) is 13.8 Å². The van der Waals surface area contributed by atoms with Crippen LogP contribution in [-0.4, -0.2) is 35.5 Å². The molecule has 0 heterocycles. The normalized spacial score (nSPS) is 17.8. The molecule has 1 aliphatic carbocycles. The van der Waals surface area contributed by atoms with Crippen molar-refractivity contribution in [1.29, 1.82) is 0 Å². The lowest BCUT2D eigenvalue weighted by atomic mass is 9.93. The number of hydrogen-bond acceptors (Lipinski definition) is 3. The van der Waals surface area contributed by atoms with Crippen LogP contribution in [0.2, 0.25) is 0 Å². The molecule has 0 aromatic heterocycles. The van der Waals surface area contributed by atoms with Crippen LogP contribution >= 0.6 is 0 Å². The van der Waals surface area contributed by atoms with Crippen molar-refractivity contribution in [2.45, 2.75) is 78.4 Å². The number of rotatable bonds is 6. The molecule has 0 aromatic rings. The highest BCUT2D eigenvalue weighted by Crippen LogP contribution is 2.32. The Morgan fingerprint density at radius 1 is 1.29 bits per heavy atom. The van der Waals surface area contributed by atoms with Crippen molar-refractivity contribution in [3.63, 3.8) is 0 Å². The standard InChI is InChI=1S/C17H31NO3/c1-13(2)12-18(16(20)21-17(3,4)5)15(10-11-19)14-8-6-7-9-14/h11,13-15H,6-10,12H2,1-5H3. The maximum absolute atomic E-state index is 12.6. The first-order chi connectivity index (χ1) is 9.74. The molecule has 1 atom stereocenters. The van der Waals surface area contributed by atoms with Crippen LogP contribution in [0.4, 0.5) is 4.79 Å². The molecule has 4 heteroatoms. The topological polar surface area (TPSA) is 46.6 Å². The molecule has 1 aliphatic rings. The minimum atomic E-state index is -0.506. The first-order valence-corrected chi connectivity index (χ1v) is 8.18. The molecule has 122 valence electrons. The lowest BCUT2D eigenvalue weighted by molar-refractivity contribution is -0.109. The molecule has 21 heavy (non-hydrogen) atoms. The number of nitrogens with zero attached hydrogens (tertiary/aromatic N) is 1. The van der Waals surface area contributed by atoms with Crippen LogP contribution in [0, 0.1) is 11.8 Å². The molecule has 0 bridgehead atoms. The molecular weight excluding hydrogens is 266 g/mol. The molecule has 1 amide bonds. The second kappa shape index (κ2) is 7.81. The van der Waals surface area contributed by atoms with Crippen molar-refractivity contribution in [3.8, 4) is 0 Å². The van der Waals surface area contributed by atoms with Crippen molar-refractivity contribution in [2.24, 2.45) is 11.8 Å². The fraction of sp³-hybridized carbons (Fsp3) is 0.882. The van der Waals surface area contributed by atoms with Gasteiger partial charge in [0.2, 0.25) is 0 Å². The molecule has 0 spiro atoms. The number of amides is 1. The van der Waals surface area contributed by atoms with Gasteiger partial charge in [0.05, 0.1) is 0 Å². The quantitative estimate of drug-likeness (QED) is 0.695. The van der Waals surface area contributed by atoms with E-state index >= 15 is 0 Å². The van der Waals surface area contributed by atoms with E-state index in [4.69, 9.17) is 4.74 Å². The largest absolute Gasteiger partial charge is 0.444 e. The van der Waals surface area contributed by atoms with Gasteiger partial charge in [0.15, 0.2) is 0 Å². The van der Waals surface area contributed by atoms with Gasteiger partial charge < -0.3 is 14.4 Å². The number of ether oxygens (including phenoxy) is 1. The average molecular weight is 297 g/mol. The van der Waals surface area contributed by atoms with Gasteiger partial charge in [-0.15, -0.1) is 0 Å². The van der Waals surface area contributed by atoms with Crippen molar-refractivity contribution in [2.75, 3.05) is 6.54 Å². The van der Waals surface area contributed by atoms with Gasteiger partial charge in [-0.2, -0.15) is 0 Å². The third-order valence-corrected chi connectivity index (χ3v) is 3.87. The minimum Gasteiger partial charge on any atom is -0.444 e. The van der Waals surface area contributed by atoms with Gasteiger partial charge >= 0.3 is 6.09 Å². The summed E-state index contributed by atoms with van der Waals surface area (Å²) in [6.07, 6.45) is 5.69. The smallest absolute Gasteiger partial charge is 0.410 e. The van der Waals surface area contributed by atoms with Crippen LogP contribution in [0.1, 0.15) is 66.7 Å². The Morgan fingerprint density at radius 3 is 2.29 bits per heavy atom. The Balaban J connectivity index is 2.89. The Labute approximate surface area is 129 Å². The number of hydrogen-bond donors (Lipinski definition) is 0. The summed E-state index contributed by atoms with van der Waals surface area (Å²) in [6.45, 7) is 10.5. The summed E-state index contributed by atoms with van der Waals surface area (Å²) < 4.78 is 5.56. The average Bonchev–Trinajstić information content (AvgIpc) is 2.84. The van der Waals surface area contributed by atoms with E-state index < -0.39 is 5.60 Å². The number of carbonyl (C=O) groups excluding carboxylic acids is 2. The summed E-state index contributed by atoms with van der Waals surface area (Å²) in [5, 5.41) is 0. The van der Waals surface area contributed by atoms with Gasteiger partial charge in [-0.1, -0.05) is 26.7 Å². The Morgan fingerprint density at radius 2 is 1.86 bits per heavy atom. The second-order valence-corrected chi connectivity index (χ2v) is 7.54. The van der Waals surface area contributed by atoms with Gasteiger partial charge in [-0.25, -0.2) is 4.79 Å². The highest BCUT2D eigenvalue weighted by molar-refractivity contribution is 5.69. The van der Waals surface area contributed by atoms with Crippen LogP contribution in [0.15, 0.2) is 0 Å². The number of carbonyl (C=O) groups is 2. The highest BCUT2D eigenvalue weighted by Gasteiger charge is 2.34. The van der Waals surface area contributed by atoms with Crippen LogP contribution in [0.25, 0.3) is 0 Å². The van der Waals surface area contributed by atoms with Crippen LogP contribution in [-0.2, 0) is 9.53 Å². The molecule has 0 saturated heterocycles. The van der Waals surface area contributed by atoms with E-state index in [0.717, 1.165) is 19.1 Å². The van der Waals surface area contributed by atoms with Gasteiger partial charge in [0.1, 0.15) is 11.9 Å². The molecule has 0 N–H and O–H groups in total. The second-order valence-electron chi connectivity index (χ2n) is 7.54. The van der Waals surface area contributed by atoms with E-state index in [1.807, 2.05) is 20.8 Å². The maximum Gasteiger partial charge on any atom is 0.410 e. The van der Waals surface area contributed by atoms with Crippen molar-refractivity contribution in [3.05, 3.63) is 0 Å². The van der Waals surface area contributed by atoms with Gasteiger partial charge in [-0.3, -0.25) is 0 Å². The molecule has 0 radical (unpaired) electrons. The summed E-state index contributed by atoms with van der Waals surface area (Å²) in [5.74, 6) is 0.787. The summed E-state index contributed by atoms with van der Waals surface area (Å²) >= 11 is 0. The zero-order chi connectivity index (χ0) is 16.0. The van der Waals surface area contributed by atoms with E-state index in [-0.39, 0.29) is 12.1 Å². The molecule has 1 fully saturated rings. The summed E-state index contributed by atoms with van der Waals surface area (Å²) in [4.78, 5) is 25.5. The third kappa shape index (κ3) is 6.06. The predicted molar refractivity (Wildman–Crippen MR) is 84.2 cm³/mol. The Kier molecular flexibility index (Phi) is 6.69. The zero-order valence-corrected chi connectivity index (χ0v) is 14.2. The minimum absolute atomic E-state index is 0.0118. The maximum atomic E-state index is 12.6. The molecule has 1 saturated carbocycles. The molecule has 4 nitrogen and oxygen atoms in total. The number of aldehydes is 1. The van der Waals surface area contributed by atoms with Crippen LogP contribution in [0.5, 0.6) is 0 Å². The van der Waals surface area contributed by atoms with Crippen LogP contribution in [0.3, 0.4) is 0 Å². The SMILES string of the molecule is CC(C)CN(C(=O)OC(C)(C)C)C(CC=O)C1CCCC1. The lowest BCUT2D eigenvalue weighted by Gasteiger charge is -2.37.